The van der Waals surface area contributed by atoms with E-state index in [1.54, 1.807) is 6.07 Å². The molecular formula is C15H22F2N2. The van der Waals surface area contributed by atoms with Gasteiger partial charge >= 0.3 is 0 Å². The fraction of sp³-hybridized carbons (Fsp3) is 0.600. The van der Waals surface area contributed by atoms with Gasteiger partial charge in [0.15, 0.2) is 11.6 Å². The summed E-state index contributed by atoms with van der Waals surface area (Å²) in [6.45, 7) is 10.2. The molecule has 0 radical (unpaired) electrons. The molecule has 0 aliphatic carbocycles. The van der Waals surface area contributed by atoms with Crippen molar-refractivity contribution in [2.24, 2.45) is 5.92 Å². The van der Waals surface area contributed by atoms with Crippen LogP contribution in [0, 0.1) is 17.6 Å². The molecule has 1 fully saturated rings. The van der Waals surface area contributed by atoms with Gasteiger partial charge in [-0.1, -0.05) is 13.8 Å². The van der Waals surface area contributed by atoms with Gasteiger partial charge in [0.1, 0.15) is 0 Å². The molecule has 1 heterocycles. The number of nitrogens with one attached hydrogen (secondary N) is 1. The van der Waals surface area contributed by atoms with Crippen LogP contribution in [-0.2, 0) is 0 Å². The first kappa shape index (κ1) is 14.3. The number of hydrogen-bond acceptors (Lipinski definition) is 2. The van der Waals surface area contributed by atoms with Crippen molar-refractivity contribution in [2.75, 3.05) is 18.0 Å². The van der Waals surface area contributed by atoms with E-state index in [9.17, 15) is 8.78 Å². The quantitative estimate of drug-likeness (QED) is 0.886. The second-order valence-corrected chi connectivity index (χ2v) is 6.30. The fourth-order valence-electron chi connectivity index (χ4n) is 2.63. The van der Waals surface area contributed by atoms with Gasteiger partial charge in [0.05, 0.1) is 0 Å². The van der Waals surface area contributed by atoms with Crippen LogP contribution in [0.1, 0.15) is 27.7 Å². The molecule has 0 amide bonds. The van der Waals surface area contributed by atoms with Gasteiger partial charge in [-0.15, -0.1) is 0 Å². The van der Waals surface area contributed by atoms with E-state index in [1.165, 1.54) is 12.1 Å². The van der Waals surface area contributed by atoms with Crippen LogP contribution < -0.4 is 10.2 Å². The lowest BCUT2D eigenvalue weighted by atomic mass is 9.92. The summed E-state index contributed by atoms with van der Waals surface area (Å²) in [5.74, 6) is -1.13. The molecule has 1 unspecified atom stereocenters. The van der Waals surface area contributed by atoms with Crippen LogP contribution in [0.2, 0.25) is 0 Å². The van der Waals surface area contributed by atoms with Gasteiger partial charge in [0.2, 0.25) is 0 Å². The Morgan fingerprint density at radius 1 is 1.26 bits per heavy atom. The summed E-state index contributed by atoms with van der Waals surface area (Å²) in [5.41, 5.74) is 0.725. The number of anilines is 1. The maximum Gasteiger partial charge on any atom is 0.160 e. The van der Waals surface area contributed by atoms with E-state index >= 15 is 0 Å². The van der Waals surface area contributed by atoms with Crippen LogP contribution in [0.3, 0.4) is 0 Å². The van der Waals surface area contributed by atoms with Gasteiger partial charge < -0.3 is 10.2 Å². The maximum absolute atomic E-state index is 13.4. The highest BCUT2D eigenvalue weighted by molar-refractivity contribution is 5.49. The predicted molar refractivity (Wildman–Crippen MR) is 74.4 cm³/mol. The molecule has 0 spiro atoms. The summed E-state index contributed by atoms with van der Waals surface area (Å²) in [6, 6.07) is 4.45. The van der Waals surface area contributed by atoms with Crippen LogP contribution in [-0.4, -0.2) is 24.7 Å². The fourth-order valence-corrected chi connectivity index (χ4v) is 2.63. The molecule has 2 rings (SSSR count). The Hall–Kier alpha value is -1.16. The van der Waals surface area contributed by atoms with Crippen LogP contribution in [0.5, 0.6) is 0 Å². The average molecular weight is 268 g/mol. The first-order chi connectivity index (χ1) is 8.80. The smallest absolute Gasteiger partial charge is 0.160 e. The number of halogens is 2. The van der Waals surface area contributed by atoms with Crippen molar-refractivity contribution in [2.45, 2.75) is 39.3 Å². The second kappa shape index (κ2) is 5.08. The predicted octanol–water partition coefficient (Wildman–Crippen LogP) is 3.18. The number of benzene rings is 1. The Bertz CT molecular complexity index is 457. The zero-order valence-electron chi connectivity index (χ0n) is 12.0. The highest BCUT2D eigenvalue weighted by Gasteiger charge is 2.34. The third-order valence-electron chi connectivity index (χ3n) is 3.76. The van der Waals surface area contributed by atoms with Gasteiger partial charge in [-0.05, 0) is 31.9 Å². The summed E-state index contributed by atoms with van der Waals surface area (Å²) < 4.78 is 26.5. The van der Waals surface area contributed by atoms with Crippen molar-refractivity contribution in [1.82, 2.24) is 5.32 Å². The van der Waals surface area contributed by atoms with Crippen molar-refractivity contribution in [3.8, 4) is 0 Å². The van der Waals surface area contributed by atoms with Gasteiger partial charge in [-0.25, -0.2) is 8.78 Å². The van der Waals surface area contributed by atoms with E-state index in [0.29, 0.717) is 5.92 Å². The highest BCUT2D eigenvalue weighted by atomic mass is 19.2. The van der Waals surface area contributed by atoms with E-state index in [0.717, 1.165) is 18.8 Å². The molecule has 19 heavy (non-hydrogen) atoms. The lowest BCUT2D eigenvalue weighted by molar-refractivity contribution is 0.277. The molecular weight excluding hydrogens is 246 g/mol. The number of nitrogens with zero attached hydrogens (tertiary/aromatic N) is 1. The normalized spacial score (nSPS) is 22.9. The molecule has 4 heteroatoms. The number of rotatable bonds is 2. The van der Waals surface area contributed by atoms with Crippen molar-refractivity contribution in [3.63, 3.8) is 0 Å². The molecule has 1 aromatic rings. The van der Waals surface area contributed by atoms with Crippen LogP contribution in [0.4, 0.5) is 14.5 Å². The molecule has 1 aliphatic heterocycles. The minimum atomic E-state index is -0.792. The maximum atomic E-state index is 13.4. The molecule has 106 valence electrons. The topological polar surface area (TPSA) is 15.3 Å². The minimum Gasteiger partial charge on any atom is -0.365 e. The van der Waals surface area contributed by atoms with Crippen molar-refractivity contribution in [3.05, 3.63) is 29.8 Å². The Kier molecular flexibility index (Phi) is 3.81. The summed E-state index contributed by atoms with van der Waals surface area (Å²) in [7, 11) is 0. The Morgan fingerprint density at radius 3 is 2.53 bits per heavy atom. The van der Waals surface area contributed by atoms with Gasteiger partial charge in [-0.2, -0.15) is 0 Å². The Morgan fingerprint density at radius 2 is 1.95 bits per heavy atom. The van der Waals surface area contributed by atoms with E-state index in [4.69, 9.17) is 0 Å². The van der Waals surface area contributed by atoms with Crippen molar-refractivity contribution >= 4 is 5.69 Å². The summed E-state index contributed by atoms with van der Waals surface area (Å²) in [6.07, 6.45) is 0. The molecule has 0 aromatic heterocycles. The minimum absolute atomic E-state index is 0.0315. The van der Waals surface area contributed by atoms with E-state index < -0.39 is 11.6 Å². The largest absolute Gasteiger partial charge is 0.365 e. The molecule has 0 bridgehead atoms. The Labute approximate surface area is 113 Å². The highest BCUT2D eigenvalue weighted by Crippen LogP contribution is 2.27. The van der Waals surface area contributed by atoms with Gasteiger partial charge in [0.25, 0.3) is 0 Å². The lowest BCUT2D eigenvalue weighted by Gasteiger charge is -2.47. The molecule has 1 aliphatic rings. The van der Waals surface area contributed by atoms with Crippen LogP contribution in [0.15, 0.2) is 18.2 Å². The second-order valence-electron chi connectivity index (χ2n) is 6.30. The molecule has 1 saturated heterocycles. The summed E-state index contributed by atoms with van der Waals surface area (Å²) in [4.78, 5) is 2.18. The van der Waals surface area contributed by atoms with E-state index in [-0.39, 0.29) is 11.6 Å². The standard InChI is InChI=1S/C15H22F2N2/c1-10(2)14-8-18-15(3,4)9-19(14)11-5-6-12(16)13(17)7-11/h5-7,10,14,18H,8-9H2,1-4H3. The van der Waals surface area contributed by atoms with Crippen LogP contribution >= 0.6 is 0 Å². The number of piperazine rings is 1. The van der Waals surface area contributed by atoms with E-state index in [1.807, 2.05) is 0 Å². The SMILES string of the molecule is CC(C)C1CNC(C)(C)CN1c1ccc(F)c(F)c1. The first-order valence-electron chi connectivity index (χ1n) is 6.77. The van der Waals surface area contributed by atoms with Gasteiger partial charge in [0, 0.05) is 36.4 Å². The van der Waals surface area contributed by atoms with Crippen molar-refractivity contribution in [1.29, 1.82) is 0 Å². The molecule has 0 saturated carbocycles. The molecule has 2 nitrogen and oxygen atoms in total. The zero-order chi connectivity index (χ0) is 14.2. The zero-order valence-corrected chi connectivity index (χ0v) is 12.0. The lowest BCUT2D eigenvalue weighted by Crippen LogP contribution is -2.63. The van der Waals surface area contributed by atoms with Crippen LogP contribution in [0.25, 0.3) is 0 Å². The molecule has 1 aromatic carbocycles. The van der Waals surface area contributed by atoms with Gasteiger partial charge in [-0.3, -0.25) is 0 Å². The monoisotopic (exact) mass is 268 g/mol. The van der Waals surface area contributed by atoms with E-state index in [2.05, 4.69) is 37.9 Å². The molecule has 1 N–H and O–H groups in total. The third kappa shape index (κ3) is 3.06. The number of hydrogen-bond donors (Lipinski definition) is 1. The summed E-state index contributed by atoms with van der Waals surface area (Å²) >= 11 is 0. The molecule has 1 atom stereocenters. The average Bonchev–Trinajstić information content (AvgIpc) is 2.31. The Balaban J connectivity index is 2.33. The van der Waals surface area contributed by atoms with Crippen molar-refractivity contribution < 1.29 is 8.78 Å². The summed E-state index contributed by atoms with van der Waals surface area (Å²) in [5, 5.41) is 3.51. The first-order valence-corrected chi connectivity index (χ1v) is 6.77. The third-order valence-corrected chi connectivity index (χ3v) is 3.76.